The van der Waals surface area contributed by atoms with Crippen LogP contribution in [0.2, 0.25) is 5.02 Å². The fourth-order valence-corrected chi connectivity index (χ4v) is 1.55. The Kier molecular flexibility index (Phi) is 5.15. The summed E-state index contributed by atoms with van der Waals surface area (Å²) in [6, 6.07) is 16.2. The first kappa shape index (κ1) is 14.1. The van der Waals surface area contributed by atoms with E-state index in [1.54, 1.807) is 36.4 Å². The van der Waals surface area contributed by atoms with Crippen molar-refractivity contribution >= 4 is 23.7 Å². The van der Waals surface area contributed by atoms with E-state index >= 15 is 0 Å². The number of hydrogen-bond acceptors (Lipinski definition) is 3. The molecule has 2 aromatic carbocycles. The normalized spacial score (nSPS) is 10.4. The molecule has 1 N–H and O–H groups in total. The van der Waals surface area contributed by atoms with Crippen LogP contribution in [0.15, 0.2) is 59.7 Å². The lowest BCUT2D eigenvalue weighted by atomic mass is 10.2. The van der Waals surface area contributed by atoms with E-state index in [0.717, 1.165) is 5.56 Å². The molecule has 0 saturated heterocycles. The van der Waals surface area contributed by atoms with E-state index in [0.29, 0.717) is 10.8 Å². The van der Waals surface area contributed by atoms with Crippen LogP contribution in [-0.2, 0) is 4.79 Å². The summed E-state index contributed by atoms with van der Waals surface area (Å²) in [5.74, 6) is 0.323. The highest BCUT2D eigenvalue weighted by Crippen LogP contribution is 2.08. The van der Waals surface area contributed by atoms with E-state index in [1.807, 2.05) is 18.2 Å². The number of hydrogen-bond donors (Lipinski definition) is 1. The van der Waals surface area contributed by atoms with Crippen LogP contribution in [0.4, 0.5) is 0 Å². The quantitative estimate of drug-likeness (QED) is 0.679. The number of ether oxygens (including phenoxy) is 1. The number of carbonyl (C=O) groups excluding carboxylic acids is 1. The van der Waals surface area contributed by atoms with Crippen molar-refractivity contribution in [1.29, 1.82) is 0 Å². The Morgan fingerprint density at radius 2 is 1.85 bits per heavy atom. The summed E-state index contributed by atoms with van der Waals surface area (Å²) in [6.45, 7) is -0.0814. The van der Waals surface area contributed by atoms with Crippen LogP contribution in [-0.4, -0.2) is 18.7 Å². The fraction of sp³-hybridized carbons (Fsp3) is 0.0667. The number of halogens is 1. The third-order valence-corrected chi connectivity index (χ3v) is 2.64. The van der Waals surface area contributed by atoms with Gasteiger partial charge in [0.25, 0.3) is 5.91 Å². The van der Waals surface area contributed by atoms with E-state index in [9.17, 15) is 4.79 Å². The van der Waals surface area contributed by atoms with Crippen molar-refractivity contribution < 1.29 is 9.53 Å². The number of rotatable bonds is 5. The summed E-state index contributed by atoms with van der Waals surface area (Å²) < 4.78 is 5.28. The molecule has 0 heterocycles. The van der Waals surface area contributed by atoms with Gasteiger partial charge >= 0.3 is 0 Å². The van der Waals surface area contributed by atoms with Gasteiger partial charge in [-0.05, 0) is 29.8 Å². The van der Waals surface area contributed by atoms with Gasteiger partial charge < -0.3 is 4.74 Å². The van der Waals surface area contributed by atoms with Crippen LogP contribution in [0, 0.1) is 0 Å². The number of nitrogens with zero attached hydrogens (tertiary/aromatic N) is 1. The second kappa shape index (κ2) is 7.31. The van der Waals surface area contributed by atoms with Gasteiger partial charge in [-0.15, -0.1) is 0 Å². The Hall–Kier alpha value is -2.33. The maximum absolute atomic E-state index is 11.5. The summed E-state index contributed by atoms with van der Waals surface area (Å²) in [5, 5.41) is 4.49. The summed E-state index contributed by atoms with van der Waals surface area (Å²) in [7, 11) is 0. The van der Waals surface area contributed by atoms with Gasteiger partial charge in [0.1, 0.15) is 5.75 Å². The molecule has 0 radical (unpaired) electrons. The molecule has 0 unspecified atom stereocenters. The number of carbonyl (C=O) groups is 1. The van der Waals surface area contributed by atoms with Gasteiger partial charge in [0.2, 0.25) is 0 Å². The molecule has 0 spiro atoms. The lowest BCUT2D eigenvalue weighted by Crippen LogP contribution is -2.24. The molecule has 102 valence electrons. The molecule has 0 aliphatic rings. The predicted molar refractivity (Wildman–Crippen MR) is 79.1 cm³/mol. The van der Waals surface area contributed by atoms with Crippen molar-refractivity contribution in [2.75, 3.05) is 6.61 Å². The smallest absolute Gasteiger partial charge is 0.277 e. The molecule has 0 aromatic heterocycles. The van der Waals surface area contributed by atoms with Gasteiger partial charge in [0, 0.05) is 5.02 Å². The van der Waals surface area contributed by atoms with Gasteiger partial charge in [0.15, 0.2) is 6.61 Å². The molecule has 0 bridgehead atoms. The second-order valence-corrected chi connectivity index (χ2v) is 4.38. The molecule has 0 saturated carbocycles. The first-order valence-electron chi connectivity index (χ1n) is 5.99. The molecule has 2 aromatic rings. The Balaban J connectivity index is 1.76. The van der Waals surface area contributed by atoms with Crippen molar-refractivity contribution in [3.8, 4) is 5.75 Å². The van der Waals surface area contributed by atoms with Crippen LogP contribution in [0.3, 0.4) is 0 Å². The van der Waals surface area contributed by atoms with Crippen molar-refractivity contribution in [2.45, 2.75) is 0 Å². The first-order valence-corrected chi connectivity index (χ1v) is 6.37. The molecule has 0 aliphatic carbocycles. The maximum Gasteiger partial charge on any atom is 0.277 e. The van der Waals surface area contributed by atoms with Crippen LogP contribution < -0.4 is 10.2 Å². The standard InChI is InChI=1S/C15H13ClN2O2/c16-13-8-6-12(7-9-13)10-17-18-15(19)11-20-14-4-2-1-3-5-14/h1-10H,11H2,(H,18,19)/b17-10+. The SMILES string of the molecule is O=C(COc1ccccc1)N/N=C/c1ccc(Cl)cc1. The summed E-state index contributed by atoms with van der Waals surface area (Å²) in [5.41, 5.74) is 3.23. The number of hydrazone groups is 1. The lowest BCUT2D eigenvalue weighted by Gasteiger charge is -2.04. The van der Waals surface area contributed by atoms with Gasteiger partial charge in [-0.25, -0.2) is 5.43 Å². The zero-order valence-corrected chi connectivity index (χ0v) is 11.4. The van der Waals surface area contributed by atoms with Crippen LogP contribution >= 0.6 is 11.6 Å². The fourth-order valence-electron chi connectivity index (χ4n) is 1.43. The van der Waals surface area contributed by atoms with Crippen LogP contribution in [0.25, 0.3) is 0 Å². The molecular formula is C15H13ClN2O2. The Morgan fingerprint density at radius 1 is 1.15 bits per heavy atom. The Labute approximate surface area is 122 Å². The minimum Gasteiger partial charge on any atom is -0.484 e. The number of amides is 1. The monoisotopic (exact) mass is 288 g/mol. The zero-order chi connectivity index (χ0) is 14.2. The predicted octanol–water partition coefficient (Wildman–Crippen LogP) is 2.87. The van der Waals surface area contributed by atoms with Crippen molar-refractivity contribution in [1.82, 2.24) is 5.43 Å². The minimum atomic E-state index is -0.320. The van der Waals surface area contributed by atoms with Crippen molar-refractivity contribution in [2.24, 2.45) is 5.10 Å². The molecule has 0 atom stereocenters. The molecule has 5 heteroatoms. The molecule has 4 nitrogen and oxygen atoms in total. The van der Waals surface area contributed by atoms with Gasteiger partial charge in [-0.3, -0.25) is 4.79 Å². The molecule has 0 fully saturated rings. The summed E-state index contributed by atoms with van der Waals surface area (Å²) in [6.07, 6.45) is 1.54. The molecule has 2 rings (SSSR count). The minimum absolute atomic E-state index is 0.0814. The van der Waals surface area contributed by atoms with Crippen LogP contribution in [0.5, 0.6) is 5.75 Å². The van der Waals surface area contributed by atoms with E-state index in [-0.39, 0.29) is 12.5 Å². The molecule has 0 aliphatic heterocycles. The largest absolute Gasteiger partial charge is 0.484 e. The van der Waals surface area contributed by atoms with E-state index in [1.165, 1.54) is 6.21 Å². The second-order valence-electron chi connectivity index (χ2n) is 3.95. The van der Waals surface area contributed by atoms with E-state index in [2.05, 4.69) is 10.5 Å². The van der Waals surface area contributed by atoms with Gasteiger partial charge in [-0.2, -0.15) is 5.10 Å². The first-order chi connectivity index (χ1) is 9.74. The highest BCUT2D eigenvalue weighted by Gasteiger charge is 2.00. The number of benzene rings is 2. The Morgan fingerprint density at radius 3 is 2.55 bits per heavy atom. The molecule has 20 heavy (non-hydrogen) atoms. The zero-order valence-electron chi connectivity index (χ0n) is 10.6. The molecule has 1 amide bonds. The topological polar surface area (TPSA) is 50.7 Å². The van der Waals surface area contributed by atoms with Crippen LogP contribution in [0.1, 0.15) is 5.56 Å². The van der Waals surface area contributed by atoms with Crippen molar-refractivity contribution in [3.05, 3.63) is 65.2 Å². The highest BCUT2D eigenvalue weighted by atomic mass is 35.5. The molecular weight excluding hydrogens is 276 g/mol. The van der Waals surface area contributed by atoms with Crippen molar-refractivity contribution in [3.63, 3.8) is 0 Å². The average Bonchev–Trinajstić information content (AvgIpc) is 2.48. The third-order valence-electron chi connectivity index (χ3n) is 2.39. The van der Waals surface area contributed by atoms with E-state index < -0.39 is 0 Å². The maximum atomic E-state index is 11.5. The average molecular weight is 289 g/mol. The van der Waals surface area contributed by atoms with E-state index in [4.69, 9.17) is 16.3 Å². The summed E-state index contributed by atoms with van der Waals surface area (Å²) >= 11 is 5.76. The summed E-state index contributed by atoms with van der Waals surface area (Å²) in [4.78, 5) is 11.5. The van der Waals surface area contributed by atoms with Gasteiger partial charge in [0.05, 0.1) is 6.21 Å². The third kappa shape index (κ3) is 4.74. The van der Waals surface area contributed by atoms with Gasteiger partial charge in [-0.1, -0.05) is 41.9 Å². The highest BCUT2D eigenvalue weighted by molar-refractivity contribution is 6.30. The Bertz CT molecular complexity index is 583. The number of para-hydroxylation sites is 1. The number of nitrogens with one attached hydrogen (secondary N) is 1. The lowest BCUT2D eigenvalue weighted by molar-refractivity contribution is -0.123.